The Labute approximate surface area is 164 Å². The van der Waals surface area contributed by atoms with Crippen LogP contribution in [-0.4, -0.2) is 52.1 Å². The molecule has 2 aromatic carbocycles. The monoisotopic (exact) mass is 405 g/mol. The summed E-state index contributed by atoms with van der Waals surface area (Å²) >= 11 is 0. The highest BCUT2D eigenvalue weighted by molar-refractivity contribution is 7.89. The van der Waals surface area contributed by atoms with E-state index < -0.39 is 16.0 Å². The zero-order valence-corrected chi connectivity index (χ0v) is 16.7. The van der Waals surface area contributed by atoms with Gasteiger partial charge in [0.2, 0.25) is 10.0 Å². The second-order valence-corrected chi connectivity index (χ2v) is 8.38. The molecule has 0 spiro atoms. The van der Waals surface area contributed by atoms with Crippen LogP contribution in [-0.2, 0) is 26.1 Å². The van der Waals surface area contributed by atoms with Gasteiger partial charge in [-0.1, -0.05) is 23.8 Å². The number of nitrogens with zero attached hydrogens (tertiary/aromatic N) is 1. The van der Waals surface area contributed by atoms with Gasteiger partial charge in [0.15, 0.2) is 0 Å². The molecule has 1 heterocycles. The Morgan fingerprint density at radius 1 is 1.14 bits per heavy atom. The Morgan fingerprint density at radius 3 is 2.61 bits per heavy atom. The largest absolute Gasteiger partial charge is 0.496 e. The Hall–Kier alpha value is -2.42. The SMILES string of the molecule is COc1ccc(C)cc1C(=O)OCc1cccc(S(=O)(=O)N2CCOCC2)c1. The number of esters is 1. The Bertz CT molecular complexity index is 951. The number of aryl methyl sites for hydroxylation is 1. The minimum Gasteiger partial charge on any atom is -0.496 e. The standard InChI is InChI=1S/C20H23NO6S/c1-15-6-7-19(25-2)18(12-15)20(22)27-14-16-4-3-5-17(13-16)28(23,24)21-8-10-26-11-9-21/h3-7,12-13H,8-11,14H2,1-2H3. The lowest BCUT2D eigenvalue weighted by Crippen LogP contribution is -2.40. The normalized spacial score (nSPS) is 15.2. The van der Waals surface area contributed by atoms with Gasteiger partial charge in [0.1, 0.15) is 17.9 Å². The predicted molar refractivity (Wildman–Crippen MR) is 103 cm³/mol. The van der Waals surface area contributed by atoms with Crippen molar-refractivity contribution in [2.24, 2.45) is 0 Å². The molecule has 8 heteroatoms. The highest BCUT2D eigenvalue weighted by Crippen LogP contribution is 2.22. The van der Waals surface area contributed by atoms with Gasteiger partial charge < -0.3 is 14.2 Å². The molecule has 1 saturated heterocycles. The molecule has 0 saturated carbocycles. The number of hydrogen-bond acceptors (Lipinski definition) is 6. The summed E-state index contributed by atoms with van der Waals surface area (Å²) in [6.07, 6.45) is 0. The lowest BCUT2D eigenvalue weighted by atomic mass is 10.1. The Balaban J connectivity index is 1.73. The summed E-state index contributed by atoms with van der Waals surface area (Å²) in [4.78, 5) is 12.6. The quantitative estimate of drug-likeness (QED) is 0.687. The summed E-state index contributed by atoms with van der Waals surface area (Å²) < 4.78 is 42.7. The van der Waals surface area contributed by atoms with Gasteiger partial charge in [-0.2, -0.15) is 4.31 Å². The van der Waals surface area contributed by atoms with E-state index in [0.717, 1.165) is 5.56 Å². The third-order valence-corrected chi connectivity index (χ3v) is 6.35. The smallest absolute Gasteiger partial charge is 0.342 e. The summed E-state index contributed by atoms with van der Waals surface area (Å²) in [5.74, 6) is -0.0961. The summed E-state index contributed by atoms with van der Waals surface area (Å²) in [6.45, 7) is 3.26. The lowest BCUT2D eigenvalue weighted by Gasteiger charge is -2.26. The Morgan fingerprint density at radius 2 is 1.89 bits per heavy atom. The van der Waals surface area contributed by atoms with E-state index in [1.165, 1.54) is 17.5 Å². The molecule has 7 nitrogen and oxygen atoms in total. The van der Waals surface area contributed by atoms with E-state index >= 15 is 0 Å². The van der Waals surface area contributed by atoms with Crippen LogP contribution in [0.25, 0.3) is 0 Å². The first kappa shape index (κ1) is 20.3. The van der Waals surface area contributed by atoms with Crippen molar-refractivity contribution >= 4 is 16.0 Å². The van der Waals surface area contributed by atoms with Crippen LogP contribution in [0.15, 0.2) is 47.4 Å². The van der Waals surface area contributed by atoms with Gasteiger partial charge in [-0.25, -0.2) is 13.2 Å². The van der Waals surface area contributed by atoms with Crippen LogP contribution in [0.5, 0.6) is 5.75 Å². The second-order valence-electron chi connectivity index (χ2n) is 6.44. The number of morpholine rings is 1. The maximum Gasteiger partial charge on any atom is 0.342 e. The first-order valence-corrected chi connectivity index (χ1v) is 10.3. The van der Waals surface area contributed by atoms with Crippen molar-refractivity contribution in [3.05, 3.63) is 59.2 Å². The second kappa shape index (κ2) is 8.72. The van der Waals surface area contributed by atoms with Gasteiger partial charge in [-0.05, 0) is 36.8 Å². The summed E-state index contributed by atoms with van der Waals surface area (Å²) in [5, 5.41) is 0. The third kappa shape index (κ3) is 4.52. The summed E-state index contributed by atoms with van der Waals surface area (Å²) in [7, 11) is -2.11. The van der Waals surface area contributed by atoms with Crippen LogP contribution in [0.4, 0.5) is 0 Å². The molecule has 1 aliphatic rings. The minimum atomic E-state index is -3.60. The number of carbonyl (C=O) groups is 1. The molecule has 0 N–H and O–H groups in total. The number of sulfonamides is 1. The van der Waals surface area contributed by atoms with E-state index in [4.69, 9.17) is 14.2 Å². The number of rotatable bonds is 6. The van der Waals surface area contributed by atoms with Crippen molar-refractivity contribution in [1.82, 2.24) is 4.31 Å². The van der Waals surface area contributed by atoms with Gasteiger partial charge in [0.05, 0.1) is 25.2 Å². The molecular weight excluding hydrogens is 382 g/mol. The Kier molecular flexibility index (Phi) is 6.33. The number of benzene rings is 2. The van der Waals surface area contributed by atoms with E-state index in [-0.39, 0.29) is 11.5 Å². The number of carbonyl (C=O) groups excluding carboxylic acids is 1. The van der Waals surface area contributed by atoms with Gasteiger partial charge in [-0.3, -0.25) is 0 Å². The molecule has 150 valence electrons. The molecule has 1 fully saturated rings. The average molecular weight is 405 g/mol. The molecule has 0 bridgehead atoms. The molecule has 2 aromatic rings. The molecule has 0 radical (unpaired) electrons. The van der Waals surface area contributed by atoms with E-state index in [2.05, 4.69) is 0 Å². The van der Waals surface area contributed by atoms with Gasteiger partial charge >= 0.3 is 5.97 Å². The van der Waals surface area contributed by atoms with Gasteiger partial charge in [0, 0.05) is 13.1 Å². The molecule has 0 aliphatic carbocycles. The number of hydrogen-bond donors (Lipinski definition) is 0. The van der Waals surface area contributed by atoms with E-state index in [1.54, 1.807) is 30.3 Å². The first-order chi connectivity index (χ1) is 13.4. The summed E-state index contributed by atoms with van der Waals surface area (Å²) in [5.41, 5.74) is 1.83. The molecule has 0 aromatic heterocycles. The molecule has 28 heavy (non-hydrogen) atoms. The molecule has 0 amide bonds. The van der Waals surface area contributed by atoms with Gasteiger partial charge in [-0.15, -0.1) is 0 Å². The van der Waals surface area contributed by atoms with Crippen molar-refractivity contribution in [3.63, 3.8) is 0 Å². The van der Waals surface area contributed by atoms with Crippen LogP contribution < -0.4 is 4.74 Å². The van der Waals surface area contributed by atoms with Crippen LogP contribution in [0.1, 0.15) is 21.5 Å². The third-order valence-electron chi connectivity index (χ3n) is 4.45. The fourth-order valence-corrected chi connectivity index (χ4v) is 4.42. The maximum absolute atomic E-state index is 12.8. The molecule has 3 rings (SSSR count). The van der Waals surface area contributed by atoms with Crippen molar-refractivity contribution in [2.75, 3.05) is 33.4 Å². The zero-order valence-electron chi connectivity index (χ0n) is 15.9. The lowest BCUT2D eigenvalue weighted by molar-refractivity contribution is 0.0468. The predicted octanol–water partition coefficient (Wildman–Crippen LogP) is 2.38. The van der Waals surface area contributed by atoms with E-state index in [1.807, 2.05) is 13.0 Å². The fourth-order valence-electron chi connectivity index (χ4n) is 2.94. The molecular formula is C20H23NO6S. The number of methoxy groups -OCH3 is 1. The van der Waals surface area contributed by atoms with Crippen LogP contribution in [0.2, 0.25) is 0 Å². The van der Waals surface area contributed by atoms with Crippen LogP contribution in [0, 0.1) is 6.92 Å². The minimum absolute atomic E-state index is 0.0393. The molecule has 0 atom stereocenters. The number of ether oxygens (including phenoxy) is 3. The maximum atomic E-state index is 12.8. The fraction of sp³-hybridized carbons (Fsp3) is 0.350. The summed E-state index contributed by atoms with van der Waals surface area (Å²) in [6, 6.07) is 11.7. The average Bonchev–Trinajstić information content (AvgIpc) is 2.72. The van der Waals surface area contributed by atoms with Crippen LogP contribution >= 0.6 is 0 Å². The van der Waals surface area contributed by atoms with E-state index in [9.17, 15) is 13.2 Å². The van der Waals surface area contributed by atoms with Crippen molar-refractivity contribution in [1.29, 1.82) is 0 Å². The highest BCUT2D eigenvalue weighted by Gasteiger charge is 2.26. The van der Waals surface area contributed by atoms with Gasteiger partial charge in [0.25, 0.3) is 0 Å². The van der Waals surface area contributed by atoms with Crippen molar-refractivity contribution in [3.8, 4) is 5.75 Å². The molecule has 1 aliphatic heterocycles. The zero-order chi connectivity index (χ0) is 20.1. The van der Waals surface area contributed by atoms with Crippen LogP contribution in [0.3, 0.4) is 0 Å². The van der Waals surface area contributed by atoms with Crippen molar-refractivity contribution in [2.45, 2.75) is 18.4 Å². The first-order valence-electron chi connectivity index (χ1n) is 8.90. The highest BCUT2D eigenvalue weighted by atomic mass is 32.2. The molecule has 0 unspecified atom stereocenters. The topological polar surface area (TPSA) is 82.1 Å². The van der Waals surface area contributed by atoms with E-state index in [0.29, 0.717) is 43.2 Å². The van der Waals surface area contributed by atoms with Crippen molar-refractivity contribution < 1.29 is 27.4 Å².